The first-order valence-electron chi connectivity index (χ1n) is 14.1. The van der Waals surface area contributed by atoms with Gasteiger partial charge in [-0.1, -0.05) is 121 Å². The predicted molar refractivity (Wildman–Crippen MR) is 161 cm³/mol. The number of likely N-dealkylation sites (tertiary alicyclic amines) is 1. The summed E-state index contributed by atoms with van der Waals surface area (Å²) in [5.74, 6) is 0.449. The maximum absolute atomic E-state index is 6.72. The van der Waals surface area contributed by atoms with Crippen molar-refractivity contribution < 1.29 is 14.2 Å². The number of benzene rings is 4. The van der Waals surface area contributed by atoms with Crippen LogP contribution in [0.4, 0.5) is 0 Å². The second-order valence-electron chi connectivity index (χ2n) is 10.3. The maximum atomic E-state index is 6.72. The van der Waals surface area contributed by atoms with Gasteiger partial charge in [0.25, 0.3) is 0 Å². The fraction of sp³-hybridized carbons (Fsp3) is 0.314. The molecule has 1 unspecified atom stereocenters. The van der Waals surface area contributed by atoms with Crippen LogP contribution in [0.1, 0.15) is 22.3 Å². The molecule has 1 aliphatic heterocycles. The largest absolute Gasteiger partial charge is 0.369 e. The lowest BCUT2D eigenvalue weighted by molar-refractivity contribution is -0.200. The van der Waals surface area contributed by atoms with E-state index in [2.05, 4.69) is 71.6 Å². The molecule has 0 bridgehead atoms. The summed E-state index contributed by atoms with van der Waals surface area (Å²) in [6.45, 7) is 3.08. The van der Waals surface area contributed by atoms with Gasteiger partial charge >= 0.3 is 0 Å². The fourth-order valence-corrected chi connectivity index (χ4v) is 5.71. The van der Waals surface area contributed by atoms with Gasteiger partial charge in [-0.3, -0.25) is 4.90 Å². The Morgan fingerprint density at radius 3 is 1.45 bits per heavy atom. The molecule has 0 saturated carbocycles. The maximum Gasteiger partial charge on any atom is 0.113 e. The summed E-state index contributed by atoms with van der Waals surface area (Å²) in [5.41, 5.74) is 4.70. The number of nitrogens with zero attached hydrogens (tertiary/aromatic N) is 1. The monoisotopic (exact) mass is 555 g/mol. The lowest BCUT2D eigenvalue weighted by atomic mass is 9.93. The minimum atomic E-state index is -0.274. The number of ether oxygens (including phenoxy) is 3. The topological polar surface area (TPSA) is 30.9 Å². The Kier molecular flexibility index (Phi) is 10.8. The summed E-state index contributed by atoms with van der Waals surface area (Å²) >= 11 is 6.72. The fourth-order valence-electron chi connectivity index (χ4n) is 5.34. The first-order valence-corrected chi connectivity index (χ1v) is 14.6. The third-order valence-electron chi connectivity index (χ3n) is 7.52. The van der Waals surface area contributed by atoms with Crippen molar-refractivity contribution in [2.45, 2.75) is 50.6 Å². The summed E-state index contributed by atoms with van der Waals surface area (Å²) in [5, 5.41) is 0. The standard InChI is InChI=1S/C35H38ClNO3/c36-23-32-34(39-26-30-17-9-3-10-18-30)35(40-27-31-19-11-4-12-20-31)33(38-25-29-15-7-2-8-16-29)24-37(32)22-21-28-13-5-1-6-14-28/h1-20,32-35H,21-27H2/t32?,33-,34+,35+/m0/s1. The molecule has 0 spiro atoms. The van der Waals surface area contributed by atoms with Crippen LogP contribution < -0.4 is 0 Å². The van der Waals surface area contributed by atoms with Gasteiger partial charge in [0, 0.05) is 19.0 Å². The molecule has 0 radical (unpaired) electrons. The highest BCUT2D eigenvalue weighted by Crippen LogP contribution is 2.29. The molecule has 4 aromatic rings. The normalized spacial score (nSPS) is 21.3. The molecule has 5 rings (SSSR count). The van der Waals surface area contributed by atoms with Crippen LogP contribution in [0.25, 0.3) is 0 Å². The Morgan fingerprint density at radius 1 is 0.550 bits per heavy atom. The second-order valence-corrected chi connectivity index (χ2v) is 10.6. The lowest BCUT2D eigenvalue weighted by Gasteiger charge is -2.48. The zero-order valence-electron chi connectivity index (χ0n) is 22.9. The van der Waals surface area contributed by atoms with Crippen molar-refractivity contribution in [3.63, 3.8) is 0 Å². The van der Waals surface area contributed by atoms with E-state index in [-0.39, 0.29) is 24.4 Å². The summed E-state index contributed by atoms with van der Waals surface area (Å²) < 4.78 is 20.0. The molecule has 40 heavy (non-hydrogen) atoms. The number of halogens is 1. The zero-order chi connectivity index (χ0) is 27.4. The van der Waals surface area contributed by atoms with Crippen LogP contribution in [0.5, 0.6) is 0 Å². The number of piperidine rings is 1. The summed E-state index contributed by atoms with van der Waals surface area (Å²) in [7, 11) is 0. The first kappa shape index (κ1) is 28.5. The van der Waals surface area contributed by atoms with Crippen LogP contribution in [-0.4, -0.2) is 48.2 Å². The molecule has 0 amide bonds. The van der Waals surface area contributed by atoms with Gasteiger partial charge in [0.2, 0.25) is 0 Å². The average molecular weight is 556 g/mol. The van der Waals surface area contributed by atoms with Crippen LogP contribution in [0.3, 0.4) is 0 Å². The molecule has 1 fully saturated rings. The van der Waals surface area contributed by atoms with Gasteiger partial charge in [-0.15, -0.1) is 11.6 Å². The van der Waals surface area contributed by atoms with Crippen molar-refractivity contribution in [2.75, 3.05) is 19.0 Å². The Bertz CT molecular complexity index is 1240. The van der Waals surface area contributed by atoms with E-state index in [1.54, 1.807) is 0 Å². The minimum absolute atomic E-state index is 0.00793. The van der Waals surface area contributed by atoms with E-state index in [0.717, 1.165) is 36.2 Å². The Morgan fingerprint density at radius 2 is 0.975 bits per heavy atom. The second kappa shape index (κ2) is 15.1. The van der Waals surface area contributed by atoms with Gasteiger partial charge in [-0.2, -0.15) is 0 Å². The van der Waals surface area contributed by atoms with Crippen LogP contribution in [0, 0.1) is 0 Å². The van der Waals surface area contributed by atoms with Gasteiger partial charge in [0.15, 0.2) is 0 Å². The van der Waals surface area contributed by atoms with E-state index in [4.69, 9.17) is 25.8 Å². The molecular formula is C35H38ClNO3. The molecule has 4 aromatic carbocycles. The van der Waals surface area contributed by atoms with Gasteiger partial charge in [0.1, 0.15) is 12.2 Å². The van der Waals surface area contributed by atoms with E-state index >= 15 is 0 Å². The van der Waals surface area contributed by atoms with E-state index < -0.39 is 0 Å². The smallest absolute Gasteiger partial charge is 0.113 e. The van der Waals surface area contributed by atoms with Crippen molar-refractivity contribution in [2.24, 2.45) is 0 Å². The molecule has 0 aliphatic carbocycles. The molecule has 4 nitrogen and oxygen atoms in total. The SMILES string of the molecule is ClCC1[C@@H](OCc2ccccc2)[C@H](OCc2ccccc2)[C@@H](OCc2ccccc2)CN1CCc1ccccc1. The van der Waals surface area contributed by atoms with Gasteiger partial charge in [-0.25, -0.2) is 0 Å². The van der Waals surface area contributed by atoms with E-state index in [0.29, 0.717) is 25.7 Å². The quantitative estimate of drug-likeness (QED) is 0.168. The average Bonchev–Trinajstić information content (AvgIpc) is 3.02. The first-order chi connectivity index (χ1) is 19.8. The molecule has 5 heteroatoms. The molecule has 0 N–H and O–H groups in total. The molecule has 208 valence electrons. The minimum Gasteiger partial charge on any atom is -0.369 e. The van der Waals surface area contributed by atoms with Crippen LogP contribution in [-0.2, 0) is 40.5 Å². The highest BCUT2D eigenvalue weighted by atomic mass is 35.5. The number of alkyl halides is 1. The Hall–Kier alpha value is -2.99. The molecule has 1 aliphatic rings. The van der Waals surface area contributed by atoms with Gasteiger partial charge < -0.3 is 14.2 Å². The van der Waals surface area contributed by atoms with Crippen molar-refractivity contribution in [3.05, 3.63) is 144 Å². The van der Waals surface area contributed by atoms with E-state index in [1.165, 1.54) is 5.56 Å². The molecule has 1 saturated heterocycles. The van der Waals surface area contributed by atoms with Crippen molar-refractivity contribution >= 4 is 11.6 Å². The number of hydrogen-bond acceptors (Lipinski definition) is 4. The number of rotatable bonds is 13. The molecule has 1 heterocycles. The van der Waals surface area contributed by atoms with Crippen LogP contribution in [0.2, 0.25) is 0 Å². The Labute approximate surface area is 243 Å². The van der Waals surface area contributed by atoms with E-state index in [1.807, 2.05) is 54.6 Å². The third kappa shape index (κ3) is 8.03. The van der Waals surface area contributed by atoms with Crippen LogP contribution >= 0.6 is 11.6 Å². The summed E-state index contributed by atoms with van der Waals surface area (Å²) in [6, 6.07) is 41.5. The van der Waals surface area contributed by atoms with Crippen molar-refractivity contribution in [1.29, 1.82) is 0 Å². The van der Waals surface area contributed by atoms with Crippen molar-refractivity contribution in [1.82, 2.24) is 4.90 Å². The highest BCUT2D eigenvalue weighted by Gasteiger charge is 2.45. The zero-order valence-corrected chi connectivity index (χ0v) is 23.6. The third-order valence-corrected chi connectivity index (χ3v) is 7.84. The lowest BCUT2D eigenvalue weighted by Crippen LogP contribution is -2.64. The van der Waals surface area contributed by atoms with E-state index in [9.17, 15) is 0 Å². The summed E-state index contributed by atoms with van der Waals surface area (Å²) in [4.78, 5) is 2.44. The molecular weight excluding hydrogens is 518 g/mol. The predicted octanol–water partition coefficient (Wildman–Crippen LogP) is 6.91. The van der Waals surface area contributed by atoms with Gasteiger partial charge in [0.05, 0.1) is 32.0 Å². The highest BCUT2D eigenvalue weighted by molar-refractivity contribution is 6.18. The summed E-state index contributed by atoms with van der Waals surface area (Å²) in [6.07, 6.45) is 0.219. The van der Waals surface area contributed by atoms with Crippen molar-refractivity contribution in [3.8, 4) is 0 Å². The Balaban J connectivity index is 1.40. The number of hydrogen-bond donors (Lipinski definition) is 0. The molecule has 4 atom stereocenters. The molecule has 0 aromatic heterocycles. The van der Waals surface area contributed by atoms with Gasteiger partial charge in [-0.05, 0) is 28.7 Å². The van der Waals surface area contributed by atoms with Crippen LogP contribution in [0.15, 0.2) is 121 Å².